The second-order valence-electron chi connectivity index (χ2n) is 3.58. The molecule has 0 aliphatic carbocycles. The molecule has 1 rings (SSSR count). The molecule has 3 heteroatoms. The predicted octanol–water partition coefficient (Wildman–Crippen LogP) is 2.88. The van der Waals surface area contributed by atoms with E-state index < -0.39 is 5.97 Å². The van der Waals surface area contributed by atoms with Crippen LogP contribution in [0.5, 0.6) is 5.75 Å². The summed E-state index contributed by atoms with van der Waals surface area (Å²) in [6.07, 6.45) is 4.44. The number of benzene rings is 1. The summed E-state index contributed by atoms with van der Waals surface area (Å²) < 4.78 is 5.21. The van der Waals surface area contributed by atoms with E-state index in [-0.39, 0.29) is 6.42 Å². The van der Waals surface area contributed by atoms with Crippen molar-refractivity contribution in [3.63, 3.8) is 0 Å². The lowest BCUT2D eigenvalue weighted by Crippen LogP contribution is -1.92. The van der Waals surface area contributed by atoms with Crippen LogP contribution in [0.3, 0.4) is 0 Å². The average Bonchev–Trinajstić information content (AvgIpc) is 2.24. The lowest BCUT2D eigenvalue weighted by molar-refractivity contribution is -0.136. The number of hydrogen-bond donors (Lipinski definition) is 1. The first kappa shape index (κ1) is 12.3. The number of hydrogen-bond acceptors (Lipinski definition) is 2. The van der Waals surface area contributed by atoms with Gasteiger partial charge in [0.15, 0.2) is 0 Å². The van der Waals surface area contributed by atoms with Gasteiger partial charge in [-0.05, 0) is 25.5 Å². The number of carbonyl (C=O) groups is 1. The number of aliphatic carboxylic acids is 1. The van der Waals surface area contributed by atoms with E-state index in [0.29, 0.717) is 6.42 Å². The molecule has 1 N–H and O–H groups in total. The van der Waals surface area contributed by atoms with Gasteiger partial charge < -0.3 is 9.84 Å². The lowest BCUT2D eigenvalue weighted by Gasteiger charge is -2.05. The van der Waals surface area contributed by atoms with E-state index in [1.54, 1.807) is 7.11 Å². The van der Waals surface area contributed by atoms with E-state index in [2.05, 4.69) is 0 Å². The molecule has 0 saturated heterocycles. The quantitative estimate of drug-likeness (QED) is 0.829. The fourth-order valence-electron chi connectivity index (χ4n) is 1.40. The van der Waals surface area contributed by atoms with Crippen LogP contribution in [0.25, 0.3) is 6.08 Å². The lowest BCUT2D eigenvalue weighted by atomic mass is 10.1. The molecule has 1 aromatic rings. The van der Waals surface area contributed by atoms with Crippen molar-refractivity contribution in [3.05, 3.63) is 35.4 Å². The van der Waals surface area contributed by atoms with E-state index in [9.17, 15) is 4.79 Å². The maximum Gasteiger partial charge on any atom is 0.303 e. The van der Waals surface area contributed by atoms with Gasteiger partial charge in [-0.1, -0.05) is 23.8 Å². The smallest absolute Gasteiger partial charge is 0.303 e. The van der Waals surface area contributed by atoms with Gasteiger partial charge >= 0.3 is 5.97 Å². The summed E-state index contributed by atoms with van der Waals surface area (Å²) in [5.41, 5.74) is 2.13. The van der Waals surface area contributed by atoms with Crippen molar-refractivity contribution in [2.24, 2.45) is 0 Å². The Kier molecular flexibility index (Phi) is 4.58. The number of carboxylic acids is 1. The number of carboxylic acid groups (broad SMARTS) is 1. The number of ether oxygens (including phenoxy) is 1. The largest absolute Gasteiger partial charge is 0.496 e. The minimum absolute atomic E-state index is 0.157. The SMILES string of the molecule is COc1ccc(C)cc1C=CCCC(=O)O. The zero-order valence-electron chi connectivity index (χ0n) is 9.56. The molecule has 1 aromatic carbocycles. The van der Waals surface area contributed by atoms with Crippen LogP contribution in [-0.4, -0.2) is 18.2 Å². The van der Waals surface area contributed by atoms with E-state index in [4.69, 9.17) is 9.84 Å². The van der Waals surface area contributed by atoms with Crippen molar-refractivity contribution in [2.75, 3.05) is 7.11 Å². The Morgan fingerprint density at radius 2 is 2.25 bits per heavy atom. The minimum atomic E-state index is -0.777. The first-order valence-corrected chi connectivity index (χ1v) is 5.16. The number of methoxy groups -OCH3 is 1. The van der Waals surface area contributed by atoms with Crippen molar-refractivity contribution in [2.45, 2.75) is 19.8 Å². The van der Waals surface area contributed by atoms with Gasteiger partial charge in [0.25, 0.3) is 0 Å². The van der Waals surface area contributed by atoms with Crippen molar-refractivity contribution in [1.82, 2.24) is 0 Å². The van der Waals surface area contributed by atoms with E-state index in [1.807, 2.05) is 37.3 Å². The molecule has 0 bridgehead atoms. The van der Waals surface area contributed by atoms with Crippen molar-refractivity contribution < 1.29 is 14.6 Å². The van der Waals surface area contributed by atoms with E-state index >= 15 is 0 Å². The summed E-state index contributed by atoms with van der Waals surface area (Å²) in [5.74, 6) is 0.0260. The highest BCUT2D eigenvalue weighted by molar-refractivity contribution is 5.67. The molecule has 0 aliphatic heterocycles. The molecular formula is C13H16O3. The van der Waals surface area contributed by atoms with Gasteiger partial charge in [0.05, 0.1) is 7.11 Å². The molecule has 0 spiro atoms. The van der Waals surface area contributed by atoms with E-state index in [0.717, 1.165) is 16.9 Å². The van der Waals surface area contributed by atoms with Crippen LogP contribution in [0.15, 0.2) is 24.3 Å². The van der Waals surface area contributed by atoms with Crippen LogP contribution in [0, 0.1) is 6.92 Å². The van der Waals surface area contributed by atoms with Crippen LogP contribution >= 0.6 is 0 Å². The highest BCUT2D eigenvalue weighted by atomic mass is 16.5. The second-order valence-corrected chi connectivity index (χ2v) is 3.58. The predicted molar refractivity (Wildman–Crippen MR) is 63.6 cm³/mol. The molecule has 0 heterocycles. The van der Waals surface area contributed by atoms with E-state index in [1.165, 1.54) is 0 Å². The maximum absolute atomic E-state index is 10.3. The van der Waals surface area contributed by atoms with Gasteiger partial charge in [-0.15, -0.1) is 0 Å². The van der Waals surface area contributed by atoms with Crippen LogP contribution in [0.4, 0.5) is 0 Å². The molecule has 0 radical (unpaired) electrons. The Morgan fingerprint density at radius 3 is 2.88 bits per heavy atom. The fourth-order valence-corrected chi connectivity index (χ4v) is 1.40. The molecule has 0 fully saturated rings. The summed E-state index contributed by atoms with van der Waals surface area (Å²) in [4.78, 5) is 10.3. The highest BCUT2D eigenvalue weighted by Gasteiger charge is 1.99. The zero-order chi connectivity index (χ0) is 12.0. The molecule has 86 valence electrons. The Morgan fingerprint density at radius 1 is 1.50 bits per heavy atom. The summed E-state index contributed by atoms with van der Waals surface area (Å²) in [5, 5.41) is 8.50. The summed E-state index contributed by atoms with van der Waals surface area (Å²) in [6.45, 7) is 2.01. The highest BCUT2D eigenvalue weighted by Crippen LogP contribution is 2.21. The number of rotatable bonds is 5. The zero-order valence-corrected chi connectivity index (χ0v) is 9.56. The van der Waals surface area contributed by atoms with Gasteiger partial charge in [0.1, 0.15) is 5.75 Å². The van der Waals surface area contributed by atoms with Crippen molar-refractivity contribution >= 4 is 12.0 Å². The molecule has 3 nitrogen and oxygen atoms in total. The number of allylic oxidation sites excluding steroid dienone is 1. The van der Waals surface area contributed by atoms with Gasteiger partial charge in [-0.2, -0.15) is 0 Å². The molecular weight excluding hydrogens is 204 g/mol. The third kappa shape index (κ3) is 3.77. The average molecular weight is 220 g/mol. The Bertz CT molecular complexity index is 394. The molecule has 0 atom stereocenters. The molecule has 0 saturated carbocycles. The monoisotopic (exact) mass is 220 g/mol. The number of aryl methyl sites for hydroxylation is 1. The Balaban J connectivity index is 2.71. The maximum atomic E-state index is 10.3. The molecule has 0 aliphatic rings. The van der Waals surface area contributed by atoms with Crippen LogP contribution in [-0.2, 0) is 4.79 Å². The van der Waals surface area contributed by atoms with Crippen LogP contribution in [0.1, 0.15) is 24.0 Å². The second kappa shape index (κ2) is 5.95. The Hall–Kier alpha value is -1.77. The molecule has 0 unspecified atom stereocenters. The molecule has 0 amide bonds. The van der Waals surface area contributed by atoms with Gasteiger partial charge in [-0.3, -0.25) is 4.79 Å². The topological polar surface area (TPSA) is 46.5 Å². The third-order valence-corrected chi connectivity index (χ3v) is 2.21. The minimum Gasteiger partial charge on any atom is -0.496 e. The standard InChI is InChI=1S/C13H16O3/c1-10-7-8-12(16-2)11(9-10)5-3-4-6-13(14)15/h3,5,7-9H,4,6H2,1-2H3,(H,14,15). The molecule has 0 aromatic heterocycles. The van der Waals surface area contributed by atoms with Crippen molar-refractivity contribution in [3.8, 4) is 5.75 Å². The Labute approximate surface area is 95.4 Å². The normalized spacial score (nSPS) is 10.6. The van der Waals surface area contributed by atoms with Gasteiger partial charge in [-0.25, -0.2) is 0 Å². The summed E-state index contributed by atoms with van der Waals surface area (Å²) >= 11 is 0. The fraction of sp³-hybridized carbons (Fsp3) is 0.308. The first-order valence-electron chi connectivity index (χ1n) is 5.16. The first-order chi connectivity index (χ1) is 7.63. The summed E-state index contributed by atoms with van der Waals surface area (Å²) in [7, 11) is 1.62. The van der Waals surface area contributed by atoms with Crippen molar-refractivity contribution in [1.29, 1.82) is 0 Å². The third-order valence-electron chi connectivity index (χ3n) is 2.21. The van der Waals surface area contributed by atoms with Crippen LogP contribution < -0.4 is 4.74 Å². The van der Waals surface area contributed by atoms with Gasteiger partial charge in [0, 0.05) is 12.0 Å². The summed E-state index contributed by atoms with van der Waals surface area (Å²) in [6, 6.07) is 5.90. The molecule has 16 heavy (non-hydrogen) atoms. The van der Waals surface area contributed by atoms with Gasteiger partial charge in [0.2, 0.25) is 0 Å². The van der Waals surface area contributed by atoms with Crippen LogP contribution in [0.2, 0.25) is 0 Å².